The Morgan fingerprint density at radius 1 is 1.15 bits per heavy atom. The molecule has 0 radical (unpaired) electrons. The molecule has 0 aliphatic rings. The van der Waals surface area contributed by atoms with Gasteiger partial charge in [0.15, 0.2) is 11.6 Å². The van der Waals surface area contributed by atoms with Crippen molar-refractivity contribution in [1.29, 1.82) is 5.26 Å². The Balaban J connectivity index is 3.33. The molecule has 1 aromatic carbocycles. The first-order valence-electron chi connectivity index (χ1n) is 3.24. The van der Waals surface area contributed by atoms with Gasteiger partial charge in [-0.3, -0.25) is 0 Å². The summed E-state index contributed by atoms with van der Waals surface area (Å²) in [5.41, 5.74) is -1.61. The van der Waals surface area contributed by atoms with Gasteiger partial charge in [-0.05, 0) is 12.1 Å². The van der Waals surface area contributed by atoms with Crippen molar-refractivity contribution >= 4 is 0 Å². The summed E-state index contributed by atoms with van der Waals surface area (Å²) in [6.07, 6.45) is -3.08. The van der Waals surface area contributed by atoms with Gasteiger partial charge in [0, 0.05) is 0 Å². The van der Waals surface area contributed by atoms with E-state index in [4.69, 9.17) is 5.26 Å². The minimum absolute atomic E-state index is 0.582. The van der Waals surface area contributed by atoms with Gasteiger partial charge >= 0.3 is 0 Å². The molecule has 0 aliphatic heterocycles. The first-order valence-corrected chi connectivity index (χ1v) is 3.24. The van der Waals surface area contributed by atoms with Gasteiger partial charge in [-0.15, -0.1) is 0 Å². The summed E-state index contributed by atoms with van der Waals surface area (Å²) in [5, 5.41) is 8.23. The topological polar surface area (TPSA) is 23.8 Å². The largest absolute Gasteiger partial charge is 0.266 e. The molecule has 0 spiro atoms. The Hall–Kier alpha value is -1.57. The van der Waals surface area contributed by atoms with Crippen molar-refractivity contribution in [3.63, 3.8) is 0 Å². The highest BCUT2D eigenvalue weighted by atomic mass is 19.3. The molecule has 0 saturated heterocycles. The van der Waals surface area contributed by atoms with E-state index < -0.39 is 29.2 Å². The van der Waals surface area contributed by atoms with Crippen LogP contribution in [-0.4, -0.2) is 0 Å². The summed E-state index contributed by atoms with van der Waals surface area (Å²) < 4.78 is 49.3. The number of hydrogen-bond donors (Lipinski definition) is 0. The van der Waals surface area contributed by atoms with E-state index in [1.54, 1.807) is 0 Å². The van der Waals surface area contributed by atoms with Crippen molar-refractivity contribution in [2.45, 2.75) is 6.43 Å². The Morgan fingerprint density at radius 3 is 2.23 bits per heavy atom. The molecule has 13 heavy (non-hydrogen) atoms. The normalized spacial score (nSPS) is 10.2. The molecule has 0 amide bonds. The molecule has 68 valence electrons. The van der Waals surface area contributed by atoms with Crippen molar-refractivity contribution in [3.05, 3.63) is 34.9 Å². The van der Waals surface area contributed by atoms with Crippen LogP contribution in [0.25, 0.3) is 0 Å². The first-order chi connectivity index (χ1) is 6.07. The lowest BCUT2D eigenvalue weighted by molar-refractivity contribution is 0.145. The molecule has 0 aromatic heterocycles. The molecule has 0 N–H and O–H groups in total. The molecule has 0 aliphatic carbocycles. The molecule has 0 unspecified atom stereocenters. The number of nitrogens with zero attached hydrogens (tertiary/aromatic N) is 1. The Labute approximate surface area is 71.2 Å². The van der Waals surface area contributed by atoms with Crippen LogP contribution in [0.3, 0.4) is 0 Å². The molecule has 0 bridgehead atoms. The lowest BCUT2D eigenvalue weighted by Gasteiger charge is -2.02. The molecular weight excluding hydrogens is 186 g/mol. The van der Waals surface area contributed by atoms with Gasteiger partial charge < -0.3 is 0 Å². The highest BCUT2D eigenvalue weighted by Crippen LogP contribution is 2.24. The van der Waals surface area contributed by atoms with Crippen LogP contribution in [0.15, 0.2) is 12.1 Å². The third kappa shape index (κ3) is 1.61. The zero-order valence-electron chi connectivity index (χ0n) is 6.19. The van der Waals surface area contributed by atoms with Crippen LogP contribution in [0.2, 0.25) is 0 Å². The zero-order chi connectivity index (χ0) is 10.0. The second-order valence-corrected chi connectivity index (χ2v) is 2.24. The van der Waals surface area contributed by atoms with E-state index in [0.717, 1.165) is 6.07 Å². The lowest BCUT2D eigenvalue weighted by atomic mass is 10.1. The van der Waals surface area contributed by atoms with Crippen LogP contribution < -0.4 is 0 Å². The fourth-order valence-electron chi connectivity index (χ4n) is 0.819. The first kappa shape index (κ1) is 9.52. The van der Waals surface area contributed by atoms with Crippen LogP contribution in [0, 0.1) is 23.0 Å². The smallest absolute Gasteiger partial charge is 0.205 e. The van der Waals surface area contributed by atoms with E-state index in [1.807, 2.05) is 0 Å². The Kier molecular flexibility index (Phi) is 2.52. The molecule has 0 atom stereocenters. The second-order valence-electron chi connectivity index (χ2n) is 2.24. The number of rotatable bonds is 1. The number of nitriles is 1. The second kappa shape index (κ2) is 3.44. The summed E-state index contributed by atoms with van der Waals surface area (Å²) in [6, 6.07) is 2.86. The van der Waals surface area contributed by atoms with Crippen LogP contribution in [0.1, 0.15) is 17.6 Å². The quantitative estimate of drug-likeness (QED) is 0.623. The SMILES string of the molecule is N#Cc1ccc(C(F)F)c(F)c1F. The third-order valence-electron chi connectivity index (χ3n) is 1.47. The summed E-state index contributed by atoms with van der Waals surface area (Å²) >= 11 is 0. The predicted octanol–water partition coefficient (Wildman–Crippen LogP) is 2.77. The standard InChI is InChI=1S/C8H3F4N/c9-6-4(3-13)1-2-5(7(6)10)8(11)12/h1-2,8H. The van der Waals surface area contributed by atoms with Crippen molar-refractivity contribution in [2.24, 2.45) is 0 Å². The summed E-state index contributed by atoms with van der Waals surface area (Å²) in [4.78, 5) is 0. The molecule has 1 rings (SSSR count). The highest BCUT2D eigenvalue weighted by molar-refractivity contribution is 5.35. The summed E-state index contributed by atoms with van der Waals surface area (Å²) in [5.74, 6) is -3.19. The van der Waals surface area contributed by atoms with Gasteiger partial charge in [0.05, 0.1) is 11.1 Å². The zero-order valence-corrected chi connectivity index (χ0v) is 6.19. The average molecular weight is 189 g/mol. The maximum absolute atomic E-state index is 12.7. The van der Waals surface area contributed by atoms with Gasteiger partial charge in [-0.2, -0.15) is 5.26 Å². The van der Waals surface area contributed by atoms with Gasteiger partial charge in [-0.1, -0.05) is 0 Å². The van der Waals surface area contributed by atoms with E-state index >= 15 is 0 Å². The van der Waals surface area contributed by atoms with Crippen molar-refractivity contribution < 1.29 is 17.6 Å². The van der Waals surface area contributed by atoms with Crippen LogP contribution in [0.5, 0.6) is 0 Å². The minimum Gasteiger partial charge on any atom is -0.205 e. The van der Waals surface area contributed by atoms with Gasteiger partial charge in [0.2, 0.25) is 0 Å². The minimum atomic E-state index is -3.08. The summed E-state index contributed by atoms with van der Waals surface area (Å²) in [7, 11) is 0. The fraction of sp³-hybridized carbons (Fsp3) is 0.125. The lowest BCUT2D eigenvalue weighted by Crippen LogP contribution is -1.97. The van der Waals surface area contributed by atoms with Crippen LogP contribution in [-0.2, 0) is 0 Å². The monoisotopic (exact) mass is 189 g/mol. The number of hydrogen-bond acceptors (Lipinski definition) is 1. The van der Waals surface area contributed by atoms with E-state index in [-0.39, 0.29) is 0 Å². The Bertz CT molecular complexity index is 367. The summed E-state index contributed by atoms with van der Waals surface area (Å²) in [6.45, 7) is 0. The molecule has 5 heteroatoms. The van der Waals surface area contributed by atoms with Crippen LogP contribution >= 0.6 is 0 Å². The molecule has 1 nitrogen and oxygen atoms in total. The fourth-order valence-corrected chi connectivity index (χ4v) is 0.819. The average Bonchev–Trinajstić information content (AvgIpc) is 2.09. The highest BCUT2D eigenvalue weighted by Gasteiger charge is 2.19. The molecule has 0 saturated carbocycles. The van der Waals surface area contributed by atoms with E-state index in [2.05, 4.69) is 0 Å². The van der Waals surface area contributed by atoms with Crippen molar-refractivity contribution in [2.75, 3.05) is 0 Å². The number of halogens is 4. The molecule has 0 heterocycles. The van der Waals surface area contributed by atoms with Gasteiger partial charge in [-0.25, -0.2) is 17.6 Å². The maximum atomic E-state index is 12.7. The van der Waals surface area contributed by atoms with Crippen molar-refractivity contribution in [1.82, 2.24) is 0 Å². The van der Waals surface area contributed by atoms with E-state index in [1.165, 1.54) is 6.07 Å². The van der Waals surface area contributed by atoms with Gasteiger partial charge in [0.25, 0.3) is 6.43 Å². The van der Waals surface area contributed by atoms with Gasteiger partial charge in [0.1, 0.15) is 6.07 Å². The molecule has 0 fully saturated rings. The van der Waals surface area contributed by atoms with E-state index in [9.17, 15) is 17.6 Å². The molecule has 1 aromatic rings. The van der Waals surface area contributed by atoms with E-state index in [0.29, 0.717) is 6.07 Å². The van der Waals surface area contributed by atoms with Crippen LogP contribution in [0.4, 0.5) is 17.6 Å². The van der Waals surface area contributed by atoms with Crippen molar-refractivity contribution in [3.8, 4) is 6.07 Å². The maximum Gasteiger partial charge on any atom is 0.266 e. The third-order valence-corrected chi connectivity index (χ3v) is 1.47. The number of benzene rings is 1. The predicted molar refractivity (Wildman–Crippen MR) is 36.0 cm³/mol. The number of alkyl halides is 2. The Morgan fingerprint density at radius 2 is 1.77 bits per heavy atom. The molecular formula is C8H3F4N.